The standard InChI is InChI=1S/C22H22ClN11O2/c1-31(22(35)36)33-6-4-32(5-7-33)17-9-13(10-24)8-16(18(17)23)28-21-29-19(27-14-2-3-14)20-26-12-15(11-25)34(20)30-21/h8-9,12,14H,2-7H2,1H3,(H,35,36)(H2,27,28,29,30). The Balaban J connectivity index is 1.46. The van der Waals surface area contributed by atoms with Crippen LogP contribution in [0.15, 0.2) is 18.3 Å². The second-order valence-electron chi connectivity index (χ2n) is 8.53. The van der Waals surface area contributed by atoms with Gasteiger partial charge in [-0.1, -0.05) is 11.6 Å². The van der Waals surface area contributed by atoms with Crippen molar-refractivity contribution in [2.45, 2.75) is 18.9 Å². The summed E-state index contributed by atoms with van der Waals surface area (Å²) in [4.78, 5) is 22.1. The van der Waals surface area contributed by atoms with Gasteiger partial charge in [0.05, 0.1) is 34.2 Å². The molecule has 0 spiro atoms. The van der Waals surface area contributed by atoms with Crippen molar-refractivity contribution in [3.8, 4) is 12.1 Å². The maximum atomic E-state index is 11.3. The van der Waals surface area contributed by atoms with Crippen LogP contribution in [-0.4, -0.2) is 80.1 Å². The number of nitrogens with one attached hydrogen (secondary N) is 2. The Morgan fingerprint density at radius 3 is 2.61 bits per heavy atom. The van der Waals surface area contributed by atoms with Gasteiger partial charge in [-0.3, -0.25) is 0 Å². The molecule has 184 valence electrons. The number of rotatable bonds is 6. The van der Waals surface area contributed by atoms with Gasteiger partial charge in [0.1, 0.15) is 6.07 Å². The van der Waals surface area contributed by atoms with Crippen molar-refractivity contribution < 1.29 is 9.90 Å². The van der Waals surface area contributed by atoms with E-state index in [1.807, 2.05) is 4.90 Å². The maximum absolute atomic E-state index is 11.3. The summed E-state index contributed by atoms with van der Waals surface area (Å²) in [6, 6.07) is 7.85. The molecule has 3 heterocycles. The molecule has 1 amide bonds. The number of fused-ring (bicyclic) bond motifs is 1. The van der Waals surface area contributed by atoms with Gasteiger partial charge in [-0.05, 0) is 25.0 Å². The first-order valence-corrected chi connectivity index (χ1v) is 11.6. The van der Waals surface area contributed by atoms with Gasteiger partial charge in [-0.2, -0.15) is 20.0 Å². The van der Waals surface area contributed by atoms with Crippen molar-refractivity contribution in [2.75, 3.05) is 48.8 Å². The highest BCUT2D eigenvalue weighted by molar-refractivity contribution is 6.36. The summed E-state index contributed by atoms with van der Waals surface area (Å²) >= 11 is 6.79. The smallest absolute Gasteiger partial charge is 0.421 e. The van der Waals surface area contributed by atoms with E-state index in [2.05, 4.69) is 37.8 Å². The van der Waals surface area contributed by atoms with E-state index in [0.717, 1.165) is 12.8 Å². The van der Waals surface area contributed by atoms with Crippen LogP contribution in [-0.2, 0) is 0 Å². The number of nitriles is 2. The van der Waals surface area contributed by atoms with E-state index in [0.29, 0.717) is 65.6 Å². The van der Waals surface area contributed by atoms with Crippen LogP contribution in [0.1, 0.15) is 24.1 Å². The molecule has 14 heteroatoms. The second-order valence-corrected chi connectivity index (χ2v) is 8.91. The maximum Gasteiger partial charge on any atom is 0.421 e. The van der Waals surface area contributed by atoms with E-state index in [4.69, 9.17) is 11.6 Å². The minimum atomic E-state index is -1.02. The Labute approximate surface area is 211 Å². The van der Waals surface area contributed by atoms with Gasteiger partial charge in [-0.25, -0.2) is 19.8 Å². The molecule has 2 fully saturated rings. The molecule has 1 aliphatic carbocycles. The molecule has 1 aliphatic heterocycles. The van der Waals surface area contributed by atoms with E-state index in [1.165, 1.54) is 22.8 Å². The number of anilines is 4. The summed E-state index contributed by atoms with van der Waals surface area (Å²) in [7, 11) is 1.50. The first-order valence-electron chi connectivity index (χ1n) is 11.3. The fourth-order valence-corrected chi connectivity index (χ4v) is 4.28. The number of imidazole rings is 1. The van der Waals surface area contributed by atoms with Gasteiger partial charge in [-0.15, -0.1) is 5.10 Å². The molecular formula is C22H22ClN11O2. The van der Waals surface area contributed by atoms with Gasteiger partial charge in [0.25, 0.3) is 0 Å². The molecule has 2 aromatic heterocycles. The molecule has 36 heavy (non-hydrogen) atoms. The molecule has 3 aromatic rings. The van der Waals surface area contributed by atoms with Crippen LogP contribution in [0, 0.1) is 22.7 Å². The highest BCUT2D eigenvalue weighted by Crippen LogP contribution is 2.36. The zero-order chi connectivity index (χ0) is 25.4. The van der Waals surface area contributed by atoms with E-state index < -0.39 is 6.09 Å². The highest BCUT2D eigenvalue weighted by atomic mass is 35.5. The number of benzene rings is 1. The summed E-state index contributed by atoms with van der Waals surface area (Å²) in [6.45, 7) is 1.99. The Kier molecular flexibility index (Phi) is 6.10. The van der Waals surface area contributed by atoms with Crippen LogP contribution in [0.5, 0.6) is 0 Å². The number of hydrogen-bond acceptors (Lipinski definition) is 10. The molecule has 1 saturated heterocycles. The lowest BCUT2D eigenvalue weighted by atomic mass is 10.1. The molecule has 5 rings (SSSR count). The number of hydrogen-bond donors (Lipinski definition) is 3. The molecule has 1 aromatic carbocycles. The Morgan fingerprint density at radius 2 is 1.97 bits per heavy atom. The van der Waals surface area contributed by atoms with Crippen LogP contribution in [0.4, 0.5) is 27.9 Å². The Hall–Kier alpha value is -4.33. The second kappa shape index (κ2) is 9.37. The Bertz CT molecular complexity index is 1410. The van der Waals surface area contributed by atoms with Gasteiger partial charge >= 0.3 is 6.09 Å². The van der Waals surface area contributed by atoms with Crippen molar-refractivity contribution in [3.63, 3.8) is 0 Å². The summed E-state index contributed by atoms with van der Waals surface area (Å²) in [5.41, 5.74) is 2.18. The quantitative estimate of drug-likeness (QED) is 0.449. The molecule has 0 atom stereocenters. The van der Waals surface area contributed by atoms with Gasteiger partial charge in [0.2, 0.25) is 5.95 Å². The van der Waals surface area contributed by atoms with Crippen molar-refractivity contribution in [1.82, 2.24) is 29.6 Å². The van der Waals surface area contributed by atoms with Crippen molar-refractivity contribution in [3.05, 3.63) is 34.6 Å². The predicted octanol–water partition coefficient (Wildman–Crippen LogP) is 2.49. The van der Waals surface area contributed by atoms with E-state index >= 15 is 0 Å². The lowest BCUT2D eigenvalue weighted by Gasteiger charge is -2.39. The van der Waals surface area contributed by atoms with Gasteiger partial charge in [0, 0.05) is 39.3 Å². The average Bonchev–Trinajstić information content (AvgIpc) is 3.60. The molecular weight excluding hydrogens is 486 g/mol. The predicted molar refractivity (Wildman–Crippen MR) is 131 cm³/mol. The van der Waals surface area contributed by atoms with Gasteiger partial charge < -0.3 is 20.6 Å². The third-order valence-electron chi connectivity index (χ3n) is 6.12. The SMILES string of the molecule is CN(C(=O)O)N1CCN(c2cc(C#N)cc(Nc3nc(NC4CC4)c4ncc(C#N)n4n3)c2Cl)CC1. The van der Waals surface area contributed by atoms with Crippen LogP contribution >= 0.6 is 11.6 Å². The highest BCUT2D eigenvalue weighted by Gasteiger charge is 2.26. The lowest BCUT2D eigenvalue weighted by Crippen LogP contribution is -2.54. The number of piperazine rings is 1. The largest absolute Gasteiger partial charge is 0.464 e. The van der Waals surface area contributed by atoms with Crippen molar-refractivity contribution in [2.24, 2.45) is 0 Å². The number of amides is 1. The zero-order valence-corrected chi connectivity index (χ0v) is 20.1. The van der Waals surface area contributed by atoms with E-state index in [9.17, 15) is 20.4 Å². The van der Waals surface area contributed by atoms with Crippen molar-refractivity contribution >= 4 is 46.5 Å². The Morgan fingerprint density at radius 1 is 1.22 bits per heavy atom. The first-order chi connectivity index (χ1) is 17.4. The van der Waals surface area contributed by atoms with E-state index in [1.54, 1.807) is 17.1 Å². The third-order valence-corrected chi connectivity index (χ3v) is 6.52. The fraction of sp³-hybridized carbons (Fsp3) is 0.364. The van der Waals surface area contributed by atoms with E-state index in [-0.39, 0.29) is 11.6 Å². The molecule has 13 nitrogen and oxygen atoms in total. The number of hydrazine groups is 1. The van der Waals surface area contributed by atoms with Crippen molar-refractivity contribution in [1.29, 1.82) is 10.5 Å². The van der Waals surface area contributed by atoms with Crippen LogP contribution in [0.2, 0.25) is 5.02 Å². The number of carboxylic acid groups (broad SMARTS) is 1. The lowest BCUT2D eigenvalue weighted by molar-refractivity contribution is 0.00702. The summed E-state index contributed by atoms with van der Waals surface area (Å²) in [5.74, 6) is 0.693. The number of nitrogens with zero attached hydrogens (tertiary/aromatic N) is 9. The minimum Gasteiger partial charge on any atom is -0.464 e. The van der Waals surface area contributed by atoms with Crippen LogP contribution in [0.3, 0.4) is 0 Å². The third kappa shape index (κ3) is 4.49. The monoisotopic (exact) mass is 507 g/mol. The number of halogens is 1. The molecule has 0 unspecified atom stereocenters. The molecule has 1 saturated carbocycles. The average molecular weight is 508 g/mol. The summed E-state index contributed by atoms with van der Waals surface area (Å²) in [6.07, 6.45) is 2.47. The zero-order valence-electron chi connectivity index (χ0n) is 19.3. The van der Waals surface area contributed by atoms with Gasteiger partial charge in [0.15, 0.2) is 17.2 Å². The topological polar surface area (TPSA) is 162 Å². The molecule has 0 radical (unpaired) electrons. The number of aromatic nitrogens is 4. The first kappa shape index (κ1) is 23.4. The fourth-order valence-electron chi connectivity index (χ4n) is 4.00. The normalized spacial score (nSPS) is 15.8. The minimum absolute atomic E-state index is 0.191. The molecule has 0 bridgehead atoms. The molecule has 3 N–H and O–H groups in total. The summed E-state index contributed by atoms with van der Waals surface area (Å²) < 4.78 is 1.42. The number of carbonyl (C=O) groups is 1. The molecule has 2 aliphatic rings. The van der Waals surface area contributed by atoms with Crippen LogP contribution in [0.25, 0.3) is 5.65 Å². The summed E-state index contributed by atoms with van der Waals surface area (Å²) in [5, 5.41) is 42.4. The van der Waals surface area contributed by atoms with Crippen LogP contribution < -0.4 is 15.5 Å².